The van der Waals surface area contributed by atoms with Crippen LogP contribution in [0.15, 0.2) is 88.6 Å². The number of allylic oxidation sites excluding steroid dienone is 9. The van der Waals surface area contributed by atoms with Crippen LogP contribution >= 0.6 is 0 Å². The minimum atomic E-state index is 0. The molecule has 124 valence electrons. The van der Waals surface area contributed by atoms with Gasteiger partial charge in [0.1, 0.15) is 0 Å². The van der Waals surface area contributed by atoms with Crippen molar-refractivity contribution in [3.63, 3.8) is 0 Å². The topological polar surface area (TPSA) is 0 Å². The predicted molar refractivity (Wildman–Crippen MR) is 97.9 cm³/mol. The predicted octanol–water partition coefficient (Wildman–Crippen LogP) is -0.787. The molecule has 0 atom stereocenters. The zero-order chi connectivity index (χ0) is 15.3. The molecule has 0 spiro atoms. The van der Waals surface area contributed by atoms with Gasteiger partial charge in [-0.1, -0.05) is 34.9 Å². The maximum absolute atomic E-state index is 2.93. The molecule has 0 saturated carbocycles. The van der Waals surface area contributed by atoms with E-state index in [1.54, 1.807) is 0 Å². The summed E-state index contributed by atoms with van der Waals surface area (Å²) in [6, 6.07) is 0. The zero-order valence-corrected chi connectivity index (χ0v) is 17.6. The first-order valence-corrected chi connectivity index (χ1v) is 6.96. The first kappa shape index (κ1) is 27.4. The second-order valence-corrected chi connectivity index (χ2v) is 4.73. The van der Waals surface area contributed by atoms with E-state index in [1.807, 2.05) is 73.9 Å². The normalized spacial score (nSPS) is 14.9. The van der Waals surface area contributed by atoms with Crippen molar-refractivity contribution in [3.05, 3.63) is 108 Å². The Balaban J connectivity index is -0.000000259. The maximum Gasteiger partial charge on any atom is 2.00 e. The Morgan fingerprint density at radius 1 is 0.500 bits per heavy atom. The molecule has 24 heavy (non-hydrogen) atoms. The van der Waals surface area contributed by atoms with E-state index in [1.165, 1.54) is 16.7 Å². The van der Waals surface area contributed by atoms with Crippen molar-refractivity contribution >= 4 is 26.2 Å². The van der Waals surface area contributed by atoms with Gasteiger partial charge in [0, 0.05) is 19.3 Å². The van der Waals surface area contributed by atoms with Gasteiger partial charge in [-0.2, -0.15) is 0 Å². The first-order chi connectivity index (χ1) is 10.2. The summed E-state index contributed by atoms with van der Waals surface area (Å²) < 4.78 is 0. The average Bonchev–Trinajstić information content (AvgIpc) is 2.51. The van der Waals surface area contributed by atoms with Crippen LogP contribution in [0.25, 0.3) is 0 Å². The van der Waals surface area contributed by atoms with Crippen molar-refractivity contribution in [2.75, 3.05) is 0 Å². The van der Waals surface area contributed by atoms with E-state index >= 15 is 0 Å². The Morgan fingerprint density at radius 2 is 0.750 bits per heavy atom. The van der Waals surface area contributed by atoms with E-state index in [4.69, 9.17) is 0 Å². The van der Waals surface area contributed by atoms with Crippen LogP contribution in [0, 0.1) is 19.3 Å². The van der Waals surface area contributed by atoms with Gasteiger partial charge < -0.3 is 9.41 Å². The summed E-state index contributed by atoms with van der Waals surface area (Å²) >= 11 is 0. The van der Waals surface area contributed by atoms with Gasteiger partial charge in [-0.15, -0.1) is 17.2 Å². The SMILES string of the molecule is CC1=CC=C=C[CH]1.CC1=CC=C=C[CH]1.CC1=CC=C=C[CH]1.[Bi+2].[F-].[F-]. The second kappa shape index (κ2) is 17.9. The van der Waals surface area contributed by atoms with Gasteiger partial charge in [-0.3, -0.25) is 0 Å². The maximum atomic E-state index is 2.93. The largest absolute Gasteiger partial charge is 2.00 e. The van der Waals surface area contributed by atoms with Crippen molar-refractivity contribution in [2.45, 2.75) is 20.8 Å². The summed E-state index contributed by atoms with van der Waals surface area (Å²) in [5.74, 6) is 0. The molecule has 3 rings (SSSR count). The van der Waals surface area contributed by atoms with Crippen LogP contribution < -0.4 is 9.41 Å². The number of halogens is 2. The minimum absolute atomic E-state index is 0. The molecule has 3 aliphatic rings. The van der Waals surface area contributed by atoms with E-state index in [9.17, 15) is 0 Å². The molecule has 0 unspecified atom stereocenters. The molecule has 0 amide bonds. The van der Waals surface area contributed by atoms with Crippen molar-refractivity contribution in [1.29, 1.82) is 0 Å². The Morgan fingerprint density at radius 3 is 0.833 bits per heavy atom. The molecule has 0 nitrogen and oxygen atoms in total. The van der Waals surface area contributed by atoms with E-state index in [-0.39, 0.29) is 35.6 Å². The zero-order valence-electron chi connectivity index (χ0n) is 14.1. The molecule has 0 saturated heterocycles. The fourth-order valence-electron chi connectivity index (χ4n) is 1.41. The average molecular weight is 520 g/mol. The van der Waals surface area contributed by atoms with Crippen LogP contribution in [0.3, 0.4) is 0 Å². The van der Waals surface area contributed by atoms with Gasteiger partial charge in [-0.25, -0.2) is 0 Å². The molecular weight excluding hydrogens is 499 g/mol. The van der Waals surface area contributed by atoms with Gasteiger partial charge >= 0.3 is 26.2 Å². The molecular formula is C21H21BiF2. The van der Waals surface area contributed by atoms with Crippen LogP contribution in [0.4, 0.5) is 0 Å². The molecule has 0 heterocycles. The minimum Gasteiger partial charge on any atom is -1.00 e. The van der Waals surface area contributed by atoms with Gasteiger partial charge in [0.2, 0.25) is 0 Å². The van der Waals surface area contributed by atoms with Gasteiger partial charge in [0.05, 0.1) is 0 Å². The summed E-state index contributed by atoms with van der Waals surface area (Å²) in [5.41, 5.74) is 12.7. The first-order valence-electron chi connectivity index (χ1n) is 6.96. The van der Waals surface area contributed by atoms with E-state index in [2.05, 4.69) is 38.0 Å². The molecule has 0 fully saturated rings. The molecule has 0 aromatic rings. The fraction of sp³-hybridized carbons (Fsp3) is 0.143. The Labute approximate surface area is 164 Å². The third-order valence-electron chi connectivity index (χ3n) is 2.65. The molecule has 0 aliphatic heterocycles. The Kier molecular flexibility index (Phi) is 20.4. The summed E-state index contributed by atoms with van der Waals surface area (Å²) in [7, 11) is 0. The molecule has 0 bridgehead atoms. The molecule has 6 radical (unpaired) electrons. The molecule has 3 heteroatoms. The fourth-order valence-corrected chi connectivity index (χ4v) is 1.41. The standard InChI is InChI=1S/3C7H7.Bi.2FH/c3*1-7-5-3-2-4-6-7;;;/h3*3-6H,1H3;;2*1H/q;;;+2;;/p-2. The molecule has 0 N–H and O–H groups in total. The van der Waals surface area contributed by atoms with E-state index < -0.39 is 0 Å². The summed E-state index contributed by atoms with van der Waals surface area (Å²) in [5, 5.41) is 0. The summed E-state index contributed by atoms with van der Waals surface area (Å²) in [4.78, 5) is 0. The van der Waals surface area contributed by atoms with Gasteiger partial charge in [0.25, 0.3) is 0 Å². The Hall–Kier alpha value is -1.48. The number of hydrogen-bond donors (Lipinski definition) is 0. The number of rotatable bonds is 0. The summed E-state index contributed by atoms with van der Waals surface area (Å²) in [6.45, 7) is 6.19. The molecule has 0 aromatic carbocycles. The van der Waals surface area contributed by atoms with Crippen LogP contribution in [0.1, 0.15) is 20.8 Å². The van der Waals surface area contributed by atoms with Crippen molar-refractivity contribution in [3.8, 4) is 0 Å². The quantitative estimate of drug-likeness (QED) is 0.291. The van der Waals surface area contributed by atoms with Gasteiger partial charge in [0.15, 0.2) is 0 Å². The second-order valence-electron chi connectivity index (χ2n) is 4.73. The third-order valence-corrected chi connectivity index (χ3v) is 2.65. The van der Waals surface area contributed by atoms with Crippen LogP contribution in [0.5, 0.6) is 0 Å². The van der Waals surface area contributed by atoms with Gasteiger partial charge in [-0.05, 0) is 57.2 Å². The van der Waals surface area contributed by atoms with Crippen LogP contribution in [-0.2, 0) is 0 Å². The van der Waals surface area contributed by atoms with Crippen LogP contribution in [0.2, 0.25) is 0 Å². The number of hydrogen-bond acceptors (Lipinski definition) is 0. The van der Waals surface area contributed by atoms with E-state index in [0.717, 1.165) is 0 Å². The van der Waals surface area contributed by atoms with Crippen molar-refractivity contribution in [2.24, 2.45) is 0 Å². The Bertz CT molecular complexity index is 536. The van der Waals surface area contributed by atoms with Crippen LogP contribution in [-0.4, -0.2) is 26.2 Å². The van der Waals surface area contributed by atoms with Crippen molar-refractivity contribution < 1.29 is 9.41 Å². The molecule has 3 aliphatic carbocycles. The van der Waals surface area contributed by atoms with E-state index in [0.29, 0.717) is 0 Å². The monoisotopic (exact) mass is 520 g/mol. The molecule has 0 aromatic heterocycles. The summed E-state index contributed by atoms with van der Waals surface area (Å²) in [6.07, 6.45) is 23.6. The third kappa shape index (κ3) is 15.4. The van der Waals surface area contributed by atoms with Crippen molar-refractivity contribution in [1.82, 2.24) is 0 Å². The smallest absolute Gasteiger partial charge is 1.00 e.